The first-order chi connectivity index (χ1) is 13.7. The molecule has 0 radical (unpaired) electrons. The Bertz CT molecular complexity index is 1120. The van der Waals surface area contributed by atoms with Crippen molar-refractivity contribution in [1.29, 1.82) is 0 Å². The van der Waals surface area contributed by atoms with Gasteiger partial charge in [-0.3, -0.25) is 0 Å². The van der Waals surface area contributed by atoms with Crippen LogP contribution in [0.3, 0.4) is 0 Å². The summed E-state index contributed by atoms with van der Waals surface area (Å²) in [4.78, 5) is 16.8. The second kappa shape index (κ2) is 7.92. The molecule has 4 rings (SSSR count). The Labute approximate surface area is 163 Å². The van der Waals surface area contributed by atoms with Gasteiger partial charge >= 0.3 is 5.97 Å². The summed E-state index contributed by atoms with van der Waals surface area (Å²) >= 11 is 0. The van der Waals surface area contributed by atoms with Gasteiger partial charge in [-0.2, -0.15) is 0 Å². The molecular formula is C24H20N2O2. The van der Waals surface area contributed by atoms with Crippen LogP contribution in [0.5, 0.6) is 0 Å². The standard InChI is InChI=1S/C24H20N2O2/c1-17-7-5-6-10-21(17)25-23-14-12-20-15-18(11-13-22(20)26-23)16-28-24(27)19-8-3-2-4-9-19/h2-15H,16H2,1H3,(H,25,26). The molecule has 138 valence electrons. The van der Waals surface area contributed by atoms with Gasteiger partial charge in [0.25, 0.3) is 0 Å². The molecule has 3 aromatic carbocycles. The van der Waals surface area contributed by atoms with E-state index in [1.807, 2.05) is 66.7 Å². The van der Waals surface area contributed by atoms with Crippen molar-refractivity contribution in [2.24, 2.45) is 0 Å². The van der Waals surface area contributed by atoms with Crippen LogP contribution in [0.15, 0.2) is 84.9 Å². The molecule has 1 aromatic heterocycles. The van der Waals surface area contributed by atoms with E-state index in [1.165, 1.54) is 5.56 Å². The summed E-state index contributed by atoms with van der Waals surface area (Å²) in [6.07, 6.45) is 0. The lowest BCUT2D eigenvalue weighted by atomic mass is 10.1. The van der Waals surface area contributed by atoms with Gasteiger partial charge in [0.2, 0.25) is 0 Å². The van der Waals surface area contributed by atoms with Crippen LogP contribution in [0.2, 0.25) is 0 Å². The van der Waals surface area contributed by atoms with E-state index in [0.717, 1.165) is 28.0 Å². The number of fused-ring (bicyclic) bond motifs is 1. The number of rotatable bonds is 5. The molecule has 1 heterocycles. The minimum absolute atomic E-state index is 0.229. The molecule has 1 N–H and O–H groups in total. The number of nitrogens with zero attached hydrogens (tertiary/aromatic N) is 1. The molecule has 0 aliphatic carbocycles. The van der Waals surface area contributed by atoms with E-state index in [9.17, 15) is 4.79 Å². The smallest absolute Gasteiger partial charge is 0.338 e. The number of hydrogen-bond acceptors (Lipinski definition) is 4. The maximum absolute atomic E-state index is 12.1. The fourth-order valence-electron chi connectivity index (χ4n) is 2.99. The Morgan fingerprint density at radius 1 is 0.929 bits per heavy atom. The average molecular weight is 368 g/mol. The SMILES string of the molecule is Cc1ccccc1Nc1ccc2cc(COC(=O)c3ccccc3)ccc2n1. The van der Waals surface area contributed by atoms with Crippen molar-refractivity contribution < 1.29 is 9.53 Å². The molecule has 0 bridgehead atoms. The summed E-state index contributed by atoms with van der Waals surface area (Å²) in [6, 6.07) is 27.0. The molecule has 0 saturated heterocycles. The molecule has 0 amide bonds. The third-order valence-electron chi connectivity index (χ3n) is 4.54. The molecule has 0 aliphatic rings. The van der Waals surface area contributed by atoms with E-state index in [-0.39, 0.29) is 12.6 Å². The van der Waals surface area contributed by atoms with E-state index in [4.69, 9.17) is 4.74 Å². The van der Waals surface area contributed by atoms with Gasteiger partial charge in [-0.1, -0.05) is 42.5 Å². The van der Waals surface area contributed by atoms with Crippen molar-refractivity contribution in [3.8, 4) is 0 Å². The number of anilines is 2. The maximum Gasteiger partial charge on any atom is 0.338 e. The summed E-state index contributed by atoms with van der Waals surface area (Å²) in [7, 11) is 0. The molecule has 0 unspecified atom stereocenters. The first-order valence-electron chi connectivity index (χ1n) is 9.13. The summed E-state index contributed by atoms with van der Waals surface area (Å²) < 4.78 is 5.41. The topological polar surface area (TPSA) is 51.2 Å². The van der Waals surface area contributed by atoms with Crippen LogP contribution in [0.4, 0.5) is 11.5 Å². The molecule has 0 spiro atoms. The predicted octanol–water partition coefficient (Wildman–Crippen LogP) is 5.64. The fourth-order valence-corrected chi connectivity index (χ4v) is 2.99. The fraction of sp³-hybridized carbons (Fsp3) is 0.0833. The Kier molecular flexibility index (Phi) is 5.02. The van der Waals surface area contributed by atoms with Gasteiger partial charge in [0, 0.05) is 11.1 Å². The number of aryl methyl sites for hydroxylation is 1. The Morgan fingerprint density at radius 3 is 2.54 bits per heavy atom. The number of aromatic nitrogens is 1. The first kappa shape index (κ1) is 17.7. The van der Waals surface area contributed by atoms with Crippen LogP contribution in [-0.4, -0.2) is 11.0 Å². The van der Waals surface area contributed by atoms with Crippen molar-refractivity contribution in [2.75, 3.05) is 5.32 Å². The summed E-state index contributed by atoms with van der Waals surface area (Å²) in [5, 5.41) is 4.36. The van der Waals surface area contributed by atoms with Crippen LogP contribution in [0.25, 0.3) is 10.9 Å². The van der Waals surface area contributed by atoms with Crippen molar-refractivity contribution >= 4 is 28.4 Å². The summed E-state index contributed by atoms with van der Waals surface area (Å²) in [5.41, 5.74) is 4.57. The number of carbonyl (C=O) groups excluding carboxylic acids is 1. The molecule has 4 heteroatoms. The minimum atomic E-state index is -0.323. The highest BCUT2D eigenvalue weighted by molar-refractivity contribution is 5.89. The van der Waals surface area contributed by atoms with Crippen LogP contribution in [0, 0.1) is 6.92 Å². The van der Waals surface area contributed by atoms with Crippen molar-refractivity contribution in [3.05, 3.63) is 102 Å². The third-order valence-corrected chi connectivity index (χ3v) is 4.54. The van der Waals surface area contributed by atoms with Gasteiger partial charge in [-0.25, -0.2) is 9.78 Å². The normalized spacial score (nSPS) is 10.6. The van der Waals surface area contributed by atoms with Gasteiger partial charge in [-0.05, 0) is 60.5 Å². The summed E-state index contributed by atoms with van der Waals surface area (Å²) in [6.45, 7) is 2.29. The number of benzene rings is 3. The second-order valence-electron chi connectivity index (χ2n) is 6.61. The number of esters is 1. The highest BCUT2D eigenvalue weighted by atomic mass is 16.5. The molecule has 0 aliphatic heterocycles. The molecule has 0 saturated carbocycles. The number of pyridine rings is 1. The molecule has 4 aromatic rings. The molecule has 4 nitrogen and oxygen atoms in total. The molecule has 0 atom stereocenters. The number of nitrogens with one attached hydrogen (secondary N) is 1. The van der Waals surface area contributed by atoms with Crippen molar-refractivity contribution in [1.82, 2.24) is 4.98 Å². The lowest BCUT2D eigenvalue weighted by Crippen LogP contribution is -2.05. The monoisotopic (exact) mass is 368 g/mol. The van der Waals surface area contributed by atoms with Gasteiger partial charge in [0.05, 0.1) is 11.1 Å². The zero-order valence-corrected chi connectivity index (χ0v) is 15.6. The Morgan fingerprint density at radius 2 is 1.71 bits per heavy atom. The Balaban J connectivity index is 1.47. The van der Waals surface area contributed by atoms with Crippen LogP contribution < -0.4 is 5.32 Å². The highest BCUT2D eigenvalue weighted by Crippen LogP contribution is 2.22. The van der Waals surface area contributed by atoms with E-state index in [2.05, 4.69) is 23.3 Å². The molecule has 0 fully saturated rings. The summed E-state index contributed by atoms with van der Waals surface area (Å²) in [5.74, 6) is 0.474. The van der Waals surface area contributed by atoms with E-state index < -0.39 is 0 Å². The van der Waals surface area contributed by atoms with Gasteiger partial charge in [0.15, 0.2) is 0 Å². The quantitative estimate of drug-likeness (QED) is 0.463. The number of para-hydroxylation sites is 1. The van der Waals surface area contributed by atoms with Gasteiger partial charge < -0.3 is 10.1 Å². The van der Waals surface area contributed by atoms with E-state index in [0.29, 0.717) is 5.56 Å². The van der Waals surface area contributed by atoms with E-state index in [1.54, 1.807) is 12.1 Å². The van der Waals surface area contributed by atoms with Crippen LogP contribution in [-0.2, 0) is 11.3 Å². The minimum Gasteiger partial charge on any atom is -0.457 e. The lowest BCUT2D eigenvalue weighted by molar-refractivity contribution is 0.0473. The third kappa shape index (κ3) is 4.01. The van der Waals surface area contributed by atoms with Crippen LogP contribution >= 0.6 is 0 Å². The first-order valence-corrected chi connectivity index (χ1v) is 9.13. The molecular weight excluding hydrogens is 348 g/mol. The second-order valence-corrected chi connectivity index (χ2v) is 6.61. The van der Waals surface area contributed by atoms with Gasteiger partial charge in [-0.15, -0.1) is 0 Å². The van der Waals surface area contributed by atoms with Crippen LogP contribution in [0.1, 0.15) is 21.5 Å². The van der Waals surface area contributed by atoms with Crippen molar-refractivity contribution in [3.63, 3.8) is 0 Å². The number of ether oxygens (including phenoxy) is 1. The van der Waals surface area contributed by atoms with E-state index >= 15 is 0 Å². The maximum atomic E-state index is 12.1. The highest BCUT2D eigenvalue weighted by Gasteiger charge is 2.07. The largest absolute Gasteiger partial charge is 0.457 e. The molecule has 28 heavy (non-hydrogen) atoms. The average Bonchev–Trinajstić information content (AvgIpc) is 2.74. The zero-order valence-electron chi connectivity index (χ0n) is 15.6. The number of hydrogen-bond donors (Lipinski definition) is 1. The number of carbonyl (C=O) groups is 1. The Hall–Kier alpha value is -3.66. The lowest BCUT2D eigenvalue weighted by Gasteiger charge is -2.10. The van der Waals surface area contributed by atoms with Gasteiger partial charge in [0.1, 0.15) is 12.4 Å². The predicted molar refractivity (Wildman–Crippen MR) is 112 cm³/mol. The van der Waals surface area contributed by atoms with Crippen molar-refractivity contribution in [2.45, 2.75) is 13.5 Å². The zero-order chi connectivity index (χ0) is 19.3.